The number of carbonyl (C=O) groups excluding carboxylic acids is 1. The average molecular weight is 433 g/mol. The molecule has 3 rings (SSSR count). The van der Waals surface area contributed by atoms with E-state index in [1.807, 2.05) is 0 Å². The van der Waals surface area contributed by atoms with Crippen LogP contribution in [-0.4, -0.2) is 52.5 Å². The van der Waals surface area contributed by atoms with E-state index in [0.29, 0.717) is 48.0 Å². The van der Waals surface area contributed by atoms with Crippen LogP contribution in [0.1, 0.15) is 35.2 Å². The topological polar surface area (TPSA) is 84.9 Å². The molecule has 2 aromatic carbocycles. The lowest BCUT2D eigenvalue weighted by atomic mass is 10.1. The Kier molecular flexibility index (Phi) is 7.33. The minimum absolute atomic E-state index is 0.284. The van der Waals surface area contributed by atoms with Gasteiger partial charge in [0.25, 0.3) is 5.91 Å². The van der Waals surface area contributed by atoms with E-state index >= 15 is 0 Å². The Morgan fingerprint density at radius 2 is 1.57 bits per heavy atom. The maximum atomic E-state index is 12.7. The minimum atomic E-state index is -3.43. The zero-order valence-corrected chi connectivity index (χ0v) is 18.2. The van der Waals surface area contributed by atoms with Crippen LogP contribution in [0.4, 0.5) is 0 Å². The Morgan fingerprint density at radius 3 is 2.13 bits per heavy atom. The van der Waals surface area contributed by atoms with Gasteiger partial charge in [0.1, 0.15) is 17.1 Å². The van der Waals surface area contributed by atoms with Gasteiger partial charge in [0.2, 0.25) is 10.0 Å². The van der Waals surface area contributed by atoms with Gasteiger partial charge in [-0.25, -0.2) is 8.42 Å². The summed E-state index contributed by atoms with van der Waals surface area (Å²) in [6, 6.07) is 12.1. The number of methoxy groups -OCH3 is 2. The van der Waals surface area contributed by atoms with E-state index in [0.717, 1.165) is 24.8 Å². The second-order valence-electron chi connectivity index (χ2n) is 7.15. The predicted molar refractivity (Wildman–Crippen MR) is 115 cm³/mol. The molecule has 1 amide bonds. The molecule has 162 valence electrons. The summed E-state index contributed by atoms with van der Waals surface area (Å²) in [5, 5.41) is 2.87. The van der Waals surface area contributed by atoms with Crippen LogP contribution in [0.3, 0.4) is 0 Å². The maximum Gasteiger partial charge on any atom is 0.258 e. The third kappa shape index (κ3) is 4.94. The lowest BCUT2D eigenvalue weighted by Gasteiger charge is -2.25. The van der Waals surface area contributed by atoms with Gasteiger partial charge in [0.15, 0.2) is 0 Å². The normalized spacial score (nSPS) is 14.9. The van der Waals surface area contributed by atoms with Crippen LogP contribution >= 0.6 is 0 Å². The Morgan fingerprint density at radius 1 is 0.967 bits per heavy atom. The van der Waals surface area contributed by atoms with Crippen LogP contribution < -0.4 is 14.8 Å². The fraction of sp³-hybridized carbons (Fsp3) is 0.409. The zero-order chi connectivity index (χ0) is 21.6. The monoisotopic (exact) mass is 432 g/mol. The number of amides is 1. The van der Waals surface area contributed by atoms with Crippen molar-refractivity contribution in [3.05, 3.63) is 53.6 Å². The molecule has 1 saturated heterocycles. The molecule has 0 aliphatic carbocycles. The van der Waals surface area contributed by atoms with Gasteiger partial charge in [-0.3, -0.25) is 4.79 Å². The third-order valence-corrected chi connectivity index (χ3v) is 7.14. The molecule has 1 fully saturated rings. The number of ether oxygens (including phenoxy) is 2. The molecule has 1 N–H and O–H groups in total. The molecule has 0 saturated carbocycles. The van der Waals surface area contributed by atoms with Crippen molar-refractivity contribution >= 4 is 15.9 Å². The Balaban J connectivity index is 1.60. The molecular weight excluding hydrogens is 404 g/mol. The molecule has 0 atom stereocenters. The van der Waals surface area contributed by atoms with Crippen LogP contribution in [-0.2, 0) is 16.4 Å². The highest BCUT2D eigenvalue weighted by atomic mass is 32.2. The summed E-state index contributed by atoms with van der Waals surface area (Å²) >= 11 is 0. The maximum absolute atomic E-state index is 12.7. The number of nitrogens with zero attached hydrogens (tertiary/aromatic N) is 1. The highest BCUT2D eigenvalue weighted by Crippen LogP contribution is 2.28. The molecule has 0 spiro atoms. The fourth-order valence-electron chi connectivity index (χ4n) is 3.57. The van der Waals surface area contributed by atoms with Crippen molar-refractivity contribution < 1.29 is 22.7 Å². The van der Waals surface area contributed by atoms with Gasteiger partial charge in [0.05, 0.1) is 19.1 Å². The van der Waals surface area contributed by atoms with Gasteiger partial charge in [-0.1, -0.05) is 24.6 Å². The van der Waals surface area contributed by atoms with Crippen molar-refractivity contribution in [3.63, 3.8) is 0 Å². The van der Waals surface area contributed by atoms with E-state index in [1.165, 1.54) is 14.2 Å². The number of hydrogen-bond acceptors (Lipinski definition) is 5. The molecule has 0 bridgehead atoms. The first-order valence-electron chi connectivity index (χ1n) is 10.1. The molecule has 8 heteroatoms. The highest BCUT2D eigenvalue weighted by molar-refractivity contribution is 7.89. The van der Waals surface area contributed by atoms with Crippen LogP contribution in [0, 0.1) is 0 Å². The van der Waals surface area contributed by atoms with Crippen molar-refractivity contribution in [1.82, 2.24) is 9.62 Å². The number of carbonyl (C=O) groups is 1. The Labute approximate surface area is 178 Å². The molecule has 0 radical (unpaired) electrons. The van der Waals surface area contributed by atoms with Gasteiger partial charge < -0.3 is 14.8 Å². The van der Waals surface area contributed by atoms with E-state index in [-0.39, 0.29) is 5.91 Å². The van der Waals surface area contributed by atoms with Gasteiger partial charge in [-0.2, -0.15) is 4.31 Å². The largest absolute Gasteiger partial charge is 0.496 e. The standard InChI is InChI=1S/C22H28N2O5S/c1-28-19-7-6-8-20(29-2)21(19)22(25)23-14-13-17-9-11-18(12-10-17)30(26,27)24-15-4-3-5-16-24/h6-12H,3-5,13-16H2,1-2H3,(H,23,25). The zero-order valence-electron chi connectivity index (χ0n) is 17.4. The second-order valence-corrected chi connectivity index (χ2v) is 9.09. The Hall–Kier alpha value is -2.58. The van der Waals surface area contributed by atoms with E-state index in [4.69, 9.17) is 9.47 Å². The number of nitrogens with one attached hydrogen (secondary N) is 1. The molecule has 0 unspecified atom stereocenters. The summed E-state index contributed by atoms with van der Waals surface area (Å²) < 4.78 is 37.5. The van der Waals surface area contributed by atoms with Crippen LogP contribution in [0.15, 0.2) is 47.4 Å². The fourth-order valence-corrected chi connectivity index (χ4v) is 5.08. The number of benzene rings is 2. The van der Waals surface area contributed by atoms with E-state index in [1.54, 1.807) is 46.8 Å². The van der Waals surface area contributed by atoms with Gasteiger partial charge >= 0.3 is 0 Å². The summed E-state index contributed by atoms with van der Waals surface area (Å²) in [4.78, 5) is 12.9. The quantitative estimate of drug-likeness (QED) is 0.693. The smallest absolute Gasteiger partial charge is 0.258 e. The molecule has 1 heterocycles. The predicted octanol–water partition coefficient (Wildman–Crippen LogP) is 2.85. The first kappa shape index (κ1) is 22.1. The summed E-state index contributed by atoms with van der Waals surface area (Å²) in [7, 11) is -0.418. The molecule has 2 aromatic rings. The summed E-state index contributed by atoms with van der Waals surface area (Å²) in [5.41, 5.74) is 1.30. The molecule has 1 aliphatic rings. The van der Waals surface area contributed by atoms with E-state index < -0.39 is 10.0 Å². The first-order valence-corrected chi connectivity index (χ1v) is 11.5. The Bertz CT molecular complexity index is 945. The molecule has 1 aliphatic heterocycles. The van der Waals surface area contributed by atoms with Gasteiger partial charge in [-0.15, -0.1) is 0 Å². The summed E-state index contributed by atoms with van der Waals surface area (Å²) in [5.74, 6) is 0.604. The number of sulfonamides is 1. The summed E-state index contributed by atoms with van der Waals surface area (Å²) in [6.07, 6.45) is 3.48. The van der Waals surface area contributed by atoms with Crippen LogP contribution in [0.2, 0.25) is 0 Å². The van der Waals surface area contributed by atoms with E-state index in [9.17, 15) is 13.2 Å². The third-order valence-electron chi connectivity index (χ3n) is 5.23. The van der Waals surface area contributed by atoms with Crippen molar-refractivity contribution in [1.29, 1.82) is 0 Å². The van der Waals surface area contributed by atoms with Gasteiger partial charge in [-0.05, 0) is 49.1 Å². The molecular formula is C22H28N2O5S. The SMILES string of the molecule is COc1cccc(OC)c1C(=O)NCCc1ccc(S(=O)(=O)N2CCCCC2)cc1. The second kappa shape index (κ2) is 9.95. The summed E-state index contributed by atoms with van der Waals surface area (Å²) in [6.45, 7) is 1.57. The lowest BCUT2D eigenvalue weighted by molar-refractivity contribution is 0.0948. The van der Waals surface area contributed by atoms with Crippen molar-refractivity contribution in [2.45, 2.75) is 30.6 Å². The highest BCUT2D eigenvalue weighted by Gasteiger charge is 2.25. The van der Waals surface area contributed by atoms with Gasteiger partial charge in [0, 0.05) is 19.6 Å². The number of piperidine rings is 1. The molecule has 0 aromatic heterocycles. The molecule has 30 heavy (non-hydrogen) atoms. The van der Waals surface area contributed by atoms with E-state index in [2.05, 4.69) is 5.32 Å². The van der Waals surface area contributed by atoms with Crippen molar-refractivity contribution in [2.75, 3.05) is 33.9 Å². The van der Waals surface area contributed by atoms with Crippen molar-refractivity contribution in [3.8, 4) is 11.5 Å². The minimum Gasteiger partial charge on any atom is -0.496 e. The van der Waals surface area contributed by atoms with Crippen LogP contribution in [0.25, 0.3) is 0 Å². The lowest BCUT2D eigenvalue weighted by Crippen LogP contribution is -2.35. The molecule has 7 nitrogen and oxygen atoms in total. The number of hydrogen-bond donors (Lipinski definition) is 1. The first-order chi connectivity index (χ1) is 14.5. The van der Waals surface area contributed by atoms with Crippen LogP contribution in [0.5, 0.6) is 11.5 Å². The van der Waals surface area contributed by atoms with Crippen molar-refractivity contribution in [2.24, 2.45) is 0 Å². The average Bonchev–Trinajstić information content (AvgIpc) is 2.79. The number of rotatable bonds is 8.